The van der Waals surface area contributed by atoms with Gasteiger partial charge >= 0.3 is 0 Å². The average Bonchev–Trinajstić information content (AvgIpc) is 2.37. The highest BCUT2D eigenvalue weighted by Gasteiger charge is 2.07. The Balaban J connectivity index is 2.36. The molecule has 2 aromatic carbocycles. The second-order valence-corrected chi connectivity index (χ2v) is 4.54. The number of aryl methyl sites for hydroxylation is 1. The van der Waals surface area contributed by atoms with Gasteiger partial charge in [0.1, 0.15) is 0 Å². The molecule has 0 aliphatic carbocycles. The van der Waals surface area contributed by atoms with Crippen LogP contribution in [-0.2, 0) is 0 Å². The summed E-state index contributed by atoms with van der Waals surface area (Å²) in [5.41, 5.74) is 15.9. The number of carbonyl (C=O) groups is 1. The number of anilines is 3. The minimum atomic E-state index is -0.526. The van der Waals surface area contributed by atoms with Crippen molar-refractivity contribution in [2.45, 2.75) is 13.8 Å². The van der Waals surface area contributed by atoms with Crippen molar-refractivity contribution in [3.05, 3.63) is 53.1 Å². The van der Waals surface area contributed by atoms with Crippen molar-refractivity contribution < 1.29 is 4.79 Å². The highest BCUT2D eigenvalue weighted by molar-refractivity contribution is 5.99. The molecule has 2 aromatic rings. The first-order valence-corrected chi connectivity index (χ1v) is 6.01. The zero-order valence-corrected chi connectivity index (χ0v) is 11.0. The van der Waals surface area contributed by atoms with Gasteiger partial charge in [-0.15, -0.1) is 0 Å². The van der Waals surface area contributed by atoms with Gasteiger partial charge in [0.05, 0.1) is 5.56 Å². The maximum absolute atomic E-state index is 11.3. The van der Waals surface area contributed by atoms with Crippen LogP contribution in [-0.4, -0.2) is 5.91 Å². The Labute approximate surface area is 112 Å². The van der Waals surface area contributed by atoms with E-state index in [4.69, 9.17) is 11.5 Å². The number of amides is 1. The van der Waals surface area contributed by atoms with Crippen molar-refractivity contribution in [3.63, 3.8) is 0 Å². The third-order valence-electron chi connectivity index (χ3n) is 3.20. The molecule has 0 aromatic heterocycles. The summed E-state index contributed by atoms with van der Waals surface area (Å²) in [5, 5.41) is 3.27. The molecule has 1 amide bonds. The van der Waals surface area contributed by atoms with Gasteiger partial charge in [0.15, 0.2) is 0 Å². The fourth-order valence-electron chi connectivity index (χ4n) is 1.89. The van der Waals surface area contributed by atoms with Crippen LogP contribution in [0.15, 0.2) is 36.4 Å². The molecule has 19 heavy (non-hydrogen) atoms. The smallest absolute Gasteiger partial charge is 0.250 e. The Kier molecular flexibility index (Phi) is 3.42. The Hall–Kier alpha value is -2.49. The van der Waals surface area contributed by atoms with E-state index >= 15 is 0 Å². The number of nitrogens with two attached hydrogens (primary N) is 2. The Morgan fingerprint density at radius 3 is 2.58 bits per heavy atom. The highest BCUT2D eigenvalue weighted by Crippen LogP contribution is 2.25. The van der Waals surface area contributed by atoms with Gasteiger partial charge in [-0.2, -0.15) is 0 Å². The summed E-state index contributed by atoms with van der Waals surface area (Å²) in [6.45, 7) is 4.10. The summed E-state index contributed by atoms with van der Waals surface area (Å²) < 4.78 is 0. The van der Waals surface area contributed by atoms with Gasteiger partial charge in [-0.05, 0) is 49.2 Å². The number of hydrogen-bond donors (Lipinski definition) is 3. The molecule has 0 heterocycles. The summed E-state index contributed by atoms with van der Waals surface area (Å²) >= 11 is 0. The summed E-state index contributed by atoms with van der Waals surface area (Å²) in [6.07, 6.45) is 0. The van der Waals surface area contributed by atoms with E-state index in [9.17, 15) is 4.79 Å². The standard InChI is InChI=1S/C15H17N3O/c1-9-4-3-5-14(10(9)2)18-11-6-7-13(16)12(8-11)15(17)19/h3-8,18H,16H2,1-2H3,(H2,17,19). The third kappa shape index (κ3) is 2.68. The van der Waals surface area contributed by atoms with Crippen LogP contribution in [0, 0.1) is 13.8 Å². The lowest BCUT2D eigenvalue weighted by Crippen LogP contribution is -2.13. The zero-order chi connectivity index (χ0) is 14.0. The first-order valence-electron chi connectivity index (χ1n) is 6.01. The second kappa shape index (κ2) is 5.02. The Morgan fingerprint density at radius 2 is 1.89 bits per heavy atom. The molecule has 2 rings (SSSR count). The maximum atomic E-state index is 11.3. The van der Waals surface area contributed by atoms with Crippen LogP contribution >= 0.6 is 0 Å². The van der Waals surface area contributed by atoms with E-state index < -0.39 is 5.91 Å². The van der Waals surface area contributed by atoms with E-state index in [1.165, 1.54) is 11.1 Å². The van der Waals surface area contributed by atoms with E-state index in [0.29, 0.717) is 11.3 Å². The van der Waals surface area contributed by atoms with Crippen molar-refractivity contribution in [3.8, 4) is 0 Å². The lowest BCUT2D eigenvalue weighted by molar-refractivity contribution is 0.100. The lowest BCUT2D eigenvalue weighted by atomic mass is 10.1. The van der Waals surface area contributed by atoms with Gasteiger partial charge in [-0.25, -0.2) is 0 Å². The number of primary amides is 1. The fourth-order valence-corrected chi connectivity index (χ4v) is 1.89. The molecule has 4 heteroatoms. The first kappa shape index (κ1) is 13.0. The van der Waals surface area contributed by atoms with Crippen LogP contribution in [0.2, 0.25) is 0 Å². The zero-order valence-electron chi connectivity index (χ0n) is 11.0. The molecule has 4 nitrogen and oxygen atoms in total. The van der Waals surface area contributed by atoms with Crippen LogP contribution in [0.1, 0.15) is 21.5 Å². The van der Waals surface area contributed by atoms with Crippen LogP contribution in [0.25, 0.3) is 0 Å². The molecule has 0 bridgehead atoms. The first-order chi connectivity index (χ1) is 8.99. The minimum absolute atomic E-state index is 0.329. The predicted octanol–water partition coefficient (Wildman–Crippen LogP) is 2.73. The van der Waals surface area contributed by atoms with E-state index in [0.717, 1.165) is 11.4 Å². The Morgan fingerprint density at radius 1 is 1.16 bits per heavy atom. The number of hydrogen-bond acceptors (Lipinski definition) is 3. The summed E-state index contributed by atoms with van der Waals surface area (Å²) in [7, 11) is 0. The van der Waals surface area contributed by atoms with Gasteiger partial charge < -0.3 is 16.8 Å². The number of nitrogen functional groups attached to an aromatic ring is 1. The molecule has 0 atom stereocenters. The maximum Gasteiger partial charge on any atom is 0.250 e. The van der Waals surface area contributed by atoms with Crippen LogP contribution in [0.4, 0.5) is 17.1 Å². The van der Waals surface area contributed by atoms with Gasteiger partial charge in [0.2, 0.25) is 0 Å². The molecule has 0 fully saturated rings. The molecule has 0 spiro atoms. The molecular formula is C15H17N3O. The van der Waals surface area contributed by atoms with Crippen molar-refractivity contribution in [2.75, 3.05) is 11.1 Å². The second-order valence-electron chi connectivity index (χ2n) is 4.54. The number of benzene rings is 2. The van der Waals surface area contributed by atoms with Crippen molar-refractivity contribution in [2.24, 2.45) is 5.73 Å². The highest BCUT2D eigenvalue weighted by atomic mass is 16.1. The van der Waals surface area contributed by atoms with Crippen molar-refractivity contribution in [1.82, 2.24) is 0 Å². The predicted molar refractivity (Wildman–Crippen MR) is 78.6 cm³/mol. The number of rotatable bonds is 3. The van der Waals surface area contributed by atoms with E-state index in [1.807, 2.05) is 25.1 Å². The number of nitrogens with one attached hydrogen (secondary N) is 1. The Bertz CT molecular complexity index is 635. The third-order valence-corrected chi connectivity index (χ3v) is 3.20. The molecule has 0 aliphatic heterocycles. The van der Waals surface area contributed by atoms with Crippen molar-refractivity contribution in [1.29, 1.82) is 0 Å². The molecule has 0 aliphatic rings. The van der Waals surface area contributed by atoms with E-state index in [1.54, 1.807) is 12.1 Å². The summed E-state index contributed by atoms with van der Waals surface area (Å²) in [6, 6.07) is 11.2. The molecule has 98 valence electrons. The largest absolute Gasteiger partial charge is 0.398 e. The summed E-state index contributed by atoms with van der Waals surface area (Å²) in [4.78, 5) is 11.3. The van der Waals surface area contributed by atoms with E-state index in [2.05, 4.69) is 18.3 Å². The topological polar surface area (TPSA) is 81.1 Å². The van der Waals surface area contributed by atoms with Crippen LogP contribution in [0.3, 0.4) is 0 Å². The molecular weight excluding hydrogens is 238 g/mol. The number of carbonyl (C=O) groups excluding carboxylic acids is 1. The van der Waals surface area contributed by atoms with Crippen molar-refractivity contribution >= 4 is 23.0 Å². The van der Waals surface area contributed by atoms with Gasteiger partial charge in [0, 0.05) is 17.1 Å². The molecule has 0 saturated heterocycles. The van der Waals surface area contributed by atoms with Crippen LogP contribution < -0.4 is 16.8 Å². The van der Waals surface area contributed by atoms with Gasteiger partial charge in [0.25, 0.3) is 5.91 Å². The van der Waals surface area contributed by atoms with Gasteiger partial charge in [-0.1, -0.05) is 12.1 Å². The van der Waals surface area contributed by atoms with E-state index in [-0.39, 0.29) is 0 Å². The van der Waals surface area contributed by atoms with Crippen LogP contribution in [0.5, 0.6) is 0 Å². The molecule has 0 unspecified atom stereocenters. The SMILES string of the molecule is Cc1cccc(Nc2ccc(N)c(C(N)=O)c2)c1C. The molecule has 5 N–H and O–H groups in total. The molecule has 0 radical (unpaired) electrons. The average molecular weight is 255 g/mol. The van der Waals surface area contributed by atoms with Gasteiger partial charge in [-0.3, -0.25) is 4.79 Å². The molecule has 0 saturated carbocycles. The normalized spacial score (nSPS) is 10.2. The monoisotopic (exact) mass is 255 g/mol. The fraction of sp³-hybridized carbons (Fsp3) is 0.133. The minimum Gasteiger partial charge on any atom is -0.398 e. The quantitative estimate of drug-likeness (QED) is 0.737. The summed E-state index contributed by atoms with van der Waals surface area (Å²) in [5.74, 6) is -0.526. The lowest BCUT2D eigenvalue weighted by Gasteiger charge is -2.12.